The largest absolute Gasteiger partial charge is 0.377 e. The highest BCUT2D eigenvalue weighted by Gasteiger charge is 2.66. The lowest BCUT2D eigenvalue weighted by atomic mass is 9.46. The summed E-state index contributed by atoms with van der Waals surface area (Å²) < 4.78 is 7.86. The van der Waals surface area contributed by atoms with E-state index in [0.717, 1.165) is 12.5 Å². The van der Waals surface area contributed by atoms with Crippen molar-refractivity contribution < 1.29 is 4.74 Å². The van der Waals surface area contributed by atoms with E-state index in [0.29, 0.717) is 23.6 Å². The summed E-state index contributed by atoms with van der Waals surface area (Å²) in [6.07, 6.45) is 9.98. The first kappa shape index (κ1) is 11.9. The number of aryl methyl sites for hydroxylation is 1. The topological polar surface area (TPSA) is 39.1 Å². The van der Waals surface area contributed by atoms with Crippen molar-refractivity contribution in [3.63, 3.8) is 0 Å². The summed E-state index contributed by atoms with van der Waals surface area (Å²) in [6.45, 7) is 3.23. The standard InChI is InChI=1S/C15H23N3O/c1-10(11-8-16-18(2)9-11)17-13-12-4-7-19-14(12)15(13)5-3-6-15/h8-10,12-14,17H,3-7H2,1-2H3/t10-,12-,13+,14+/m0/s1. The first-order chi connectivity index (χ1) is 9.21. The minimum atomic E-state index is 0.387. The lowest BCUT2D eigenvalue weighted by Gasteiger charge is -2.64. The normalized spacial score (nSPS) is 36.6. The van der Waals surface area contributed by atoms with Gasteiger partial charge in [0.2, 0.25) is 0 Å². The average Bonchev–Trinajstić information content (AvgIpc) is 2.91. The van der Waals surface area contributed by atoms with E-state index in [2.05, 4.69) is 23.5 Å². The van der Waals surface area contributed by atoms with Gasteiger partial charge in [0.25, 0.3) is 0 Å². The molecule has 3 aliphatic rings. The Hall–Kier alpha value is -0.870. The van der Waals surface area contributed by atoms with Crippen LogP contribution in [0.4, 0.5) is 0 Å². The zero-order valence-corrected chi connectivity index (χ0v) is 11.8. The highest BCUT2D eigenvalue weighted by Crippen LogP contribution is 2.63. The number of hydrogen-bond acceptors (Lipinski definition) is 3. The van der Waals surface area contributed by atoms with Gasteiger partial charge in [-0.05, 0) is 26.2 Å². The van der Waals surface area contributed by atoms with Gasteiger partial charge in [0.05, 0.1) is 12.3 Å². The number of nitrogens with one attached hydrogen (secondary N) is 1. The summed E-state index contributed by atoms with van der Waals surface area (Å²) in [6, 6.07) is 1.04. The molecule has 104 valence electrons. The second-order valence-corrected chi connectivity index (χ2v) is 6.64. The third kappa shape index (κ3) is 1.56. The summed E-state index contributed by atoms with van der Waals surface area (Å²) in [7, 11) is 1.98. The second-order valence-electron chi connectivity index (χ2n) is 6.64. The maximum absolute atomic E-state index is 5.97. The highest BCUT2D eigenvalue weighted by atomic mass is 16.5. The molecule has 2 aliphatic carbocycles. The molecule has 1 N–H and O–H groups in total. The molecule has 0 bridgehead atoms. The van der Waals surface area contributed by atoms with Crippen LogP contribution in [-0.2, 0) is 11.8 Å². The molecule has 1 aliphatic heterocycles. The van der Waals surface area contributed by atoms with Crippen molar-refractivity contribution >= 4 is 0 Å². The molecule has 3 fully saturated rings. The van der Waals surface area contributed by atoms with Crippen molar-refractivity contribution in [2.75, 3.05) is 6.61 Å². The van der Waals surface area contributed by atoms with Gasteiger partial charge in [-0.25, -0.2) is 0 Å². The Kier molecular flexibility index (Phi) is 2.55. The third-order valence-electron chi connectivity index (χ3n) is 5.69. The van der Waals surface area contributed by atoms with Crippen molar-refractivity contribution in [3.05, 3.63) is 18.0 Å². The van der Waals surface area contributed by atoms with E-state index in [1.807, 2.05) is 17.9 Å². The summed E-state index contributed by atoms with van der Waals surface area (Å²) >= 11 is 0. The van der Waals surface area contributed by atoms with Gasteiger partial charge in [-0.2, -0.15) is 5.10 Å². The Bertz CT molecular complexity index is 479. The Morgan fingerprint density at radius 2 is 2.37 bits per heavy atom. The molecular weight excluding hydrogens is 238 g/mol. The van der Waals surface area contributed by atoms with Crippen molar-refractivity contribution in [1.82, 2.24) is 15.1 Å². The van der Waals surface area contributed by atoms with Gasteiger partial charge < -0.3 is 10.1 Å². The molecule has 2 saturated carbocycles. The van der Waals surface area contributed by atoms with Crippen LogP contribution in [0.15, 0.2) is 12.4 Å². The number of rotatable bonds is 3. The molecule has 1 spiro atoms. The first-order valence-corrected chi connectivity index (χ1v) is 7.57. The smallest absolute Gasteiger partial charge is 0.0690 e. The van der Waals surface area contributed by atoms with Gasteiger partial charge in [-0.1, -0.05) is 6.42 Å². The van der Waals surface area contributed by atoms with Gasteiger partial charge in [-0.3, -0.25) is 4.68 Å². The average molecular weight is 261 g/mol. The van der Waals surface area contributed by atoms with Crippen molar-refractivity contribution in [1.29, 1.82) is 0 Å². The number of nitrogens with zero attached hydrogens (tertiary/aromatic N) is 2. The second kappa shape index (κ2) is 4.06. The fourth-order valence-corrected chi connectivity index (χ4v) is 4.52. The van der Waals surface area contributed by atoms with Crippen LogP contribution in [0.2, 0.25) is 0 Å². The Morgan fingerprint density at radius 1 is 1.53 bits per heavy atom. The fraction of sp³-hybridized carbons (Fsp3) is 0.800. The van der Waals surface area contributed by atoms with E-state index in [1.165, 1.54) is 31.2 Å². The van der Waals surface area contributed by atoms with E-state index in [9.17, 15) is 0 Å². The van der Waals surface area contributed by atoms with Gasteiger partial charge in [0.15, 0.2) is 0 Å². The predicted molar refractivity (Wildman–Crippen MR) is 72.7 cm³/mol. The SMILES string of the molecule is C[C@H](N[C@@H]1[C@@H]2CCO[C@H]2C12CCC2)c1cnn(C)c1. The number of fused-ring (bicyclic) bond motifs is 2. The Balaban J connectivity index is 1.50. The summed E-state index contributed by atoms with van der Waals surface area (Å²) in [5.74, 6) is 0.749. The molecule has 0 radical (unpaired) electrons. The molecular formula is C15H23N3O. The molecule has 0 unspecified atom stereocenters. The maximum atomic E-state index is 5.97. The third-order valence-corrected chi connectivity index (χ3v) is 5.69. The molecule has 0 aromatic carbocycles. The van der Waals surface area contributed by atoms with E-state index < -0.39 is 0 Å². The van der Waals surface area contributed by atoms with Crippen LogP contribution in [0.1, 0.15) is 44.2 Å². The summed E-state index contributed by atoms with van der Waals surface area (Å²) in [4.78, 5) is 0. The molecule has 19 heavy (non-hydrogen) atoms. The molecule has 0 amide bonds. The van der Waals surface area contributed by atoms with Gasteiger partial charge in [0.1, 0.15) is 0 Å². The molecule has 4 atom stereocenters. The number of hydrogen-bond donors (Lipinski definition) is 1. The van der Waals surface area contributed by atoms with Crippen molar-refractivity contribution in [2.45, 2.75) is 50.8 Å². The summed E-state index contributed by atoms with van der Waals surface area (Å²) in [5.41, 5.74) is 1.76. The van der Waals surface area contributed by atoms with Gasteiger partial charge in [0, 0.05) is 48.8 Å². The number of aromatic nitrogens is 2. The summed E-state index contributed by atoms with van der Waals surface area (Å²) in [5, 5.41) is 8.15. The van der Waals surface area contributed by atoms with Crippen LogP contribution in [0, 0.1) is 11.3 Å². The molecule has 1 aromatic heterocycles. The quantitative estimate of drug-likeness (QED) is 0.905. The molecule has 4 nitrogen and oxygen atoms in total. The van der Waals surface area contributed by atoms with Crippen LogP contribution in [0.5, 0.6) is 0 Å². The molecule has 2 heterocycles. The van der Waals surface area contributed by atoms with Crippen LogP contribution in [0.25, 0.3) is 0 Å². The lowest BCUT2D eigenvalue weighted by molar-refractivity contribution is -0.178. The molecule has 1 saturated heterocycles. The maximum Gasteiger partial charge on any atom is 0.0690 e. The minimum absolute atomic E-state index is 0.387. The molecule has 4 heteroatoms. The predicted octanol–water partition coefficient (Wildman–Crippen LogP) is 2.03. The van der Waals surface area contributed by atoms with Crippen LogP contribution >= 0.6 is 0 Å². The Labute approximate surface area is 114 Å². The fourth-order valence-electron chi connectivity index (χ4n) is 4.52. The zero-order valence-electron chi connectivity index (χ0n) is 11.8. The van der Waals surface area contributed by atoms with Gasteiger partial charge in [-0.15, -0.1) is 0 Å². The van der Waals surface area contributed by atoms with Crippen LogP contribution in [0.3, 0.4) is 0 Å². The zero-order chi connectivity index (χ0) is 13.0. The molecule has 4 rings (SSSR count). The van der Waals surface area contributed by atoms with E-state index in [4.69, 9.17) is 4.74 Å². The molecule has 1 aromatic rings. The van der Waals surface area contributed by atoms with Gasteiger partial charge >= 0.3 is 0 Å². The van der Waals surface area contributed by atoms with Crippen molar-refractivity contribution in [3.8, 4) is 0 Å². The monoisotopic (exact) mass is 261 g/mol. The van der Waals surface area contributed by atoms with E-state index in [-0.39, 0.29) is 0 Å². The van der Waals surface area contributed by atoms with E-state index >= 15 is 0 Å². The van der Waals surface area contributed by atoms with E-state index in [1.54, 1.807) is 0 Å². The minimum Gasteiger partial charge on any atom is -0.377 e. The van der Waals surface area contributed by atoms with Crippen LogP contribution < -0.4 is 5.32 Å². The Morgan fingerprint density at radius 3 is 3.00 bits per heavy atom. The van der Waals surface area contributed by atoms with Crippen molar-refractivity contribution in [2.24, 2.45) is 18.4 Å². The lowest BCUT2D eigenvalue weighted by Crippen LogP contribution is -2.71. The highest BCUT2D eigenvalue weighted by molar-refractivity contribution is 5.20. The number of ether oxygens (including phenoxy) is 1. The first-order valence-electron chi connectivity index (χ1n) is 7.57. The van der Waals surface area contributed by atoms with Crippen LogP contribution in [-0.4, -0.2) is 28.5 Å².